The molecule has 0 fully saturated rings. The molecule has 2 aromatic rings. The van der Waals surface area contributed by atoms with Crippen LogP contribution in [-0.4, -0.2) is 12.8 Å². The molecule has 88 valence electrons. The van der Waals surface area contributed by atoms with Gasteiger partial charge in [-0.1, -0.05) is 0 Å². The molecule has 1 aromatic carbocycles. The number of benzene rings is 1. The fourth-order valence-corrected chi connectivity index (χ4v) is 1.46. The van der Waals surface area contributed by atoms with Crippen LogP contribution in [0.3, 0.4) is 0 Å². The van der Waals surface area contributed by atoms with Crippen LogP contribution in [0, 0.1) is 6.92 Å². The van der Waals surface area contributed by atoms with Crippen molar-refractivity contribution in [2.75, 3.05) is 6.61 Å². The number of aryl methyl sites for hydroxylation is 1. The van der Waals surface area contributed by atoms with Gasteiger partial charge in [-0.05, 0) is 50.2 Å². The van der Waals surface area contributed by atoms with Crippen LogP contribution in [0.4, 0.5) is 5.69 Å². The summed E-state index contributed by atoms with van der Waals surface area (Å²) in [6.07, 6.45) is 1.71. The van der Waals surface area contributed by atoms with Crippen molar-refractivity contribution in [1.82, 2.24) is 0 Å². The maximum Gasteiger partial charge on any atom is 0.145 e. The highest BCUT2D eigenvalue weighted by molar-refractivity contribution is 5.78. The van der Waals surface area contributed by atoms with Crippen LogP contribution in [0.5, 0.6) is 5.75 Å². The molecular weight excluding hydrogens is 214 g/mol. The van der Waals surface area contributed by atoms with Gasteiger partial charge in [-0.3, -0.25) is 4.99 Å². The second-order valence-corrected chi connectivity index (χ2v) is 3.63. The number of rotatable bonds is 4. The van der Waals surface area contributed by atoms with Crippen molar-refractivity contribution in [3.8, 4) is 5.75 Å². The first kappa shape index (κ1) is 11.5. The van der Waals surface area contributed by atoms with E-state index in [1.54, 1.807) is 6.21 Å². The zero-order valence-corrected chi connectivity index (χ0v) is 10.0. The zero-order valence-electron chi connectivity index (χ0n) is 10.0. The average Bonchev–Trinajstić information content (AvgIpc) is 2.75. The highest BCUT2D eigenvalue weighted by Gasteiger charge is 1.95. The Morgan fingerprint density at radius 1 is 1.18 bits per heavy atom. The number of aliphatic imine (C=N–C) groups is 1. The van der Waals surface area contributed by atoms with Crippen molar-refractivity contribution >= 4 is 11.9 Å². The highest BCUT2D eigenvalue weighted by Crippen LogP contribution is 2.18. The maximum atomic E-state index is 5.39. The van der Waals surface area contributed by atoms with Crippen LogP contribution in [0.15, 0.2) is 45.8 Å². The fraction of sp³-hybridized carbons (Fsp3) is 0.214. The summed E-state index contributed by atoms with van der Waals surface area (Å²) in [5, 5.41) is 0. The molecule has 0 aliphatic carbocycles. The van der Waals surface area contributed by atoms with Crippen LogP contribution in [0.1, 0.15) is 18.4 Å². The molecule has 3 heteroatoms. The Morgan fingerprint density at radius 3 is 2.53 bits per heavy atom. The van der Waals surface area contributed by atoms with E-state index in [0.29, 0.717) is 6.61 Å². The van der Waals surface area contributed by atoms with Gasteiger partial charge in [-0.25, -0.2) is 0 Å². The molecule has 17 heavy (non-hydrogen) atoms. The fourth-order valence-electron chi connectivity index (χ4n) is 1.46. The van der Waals surface area contributed by atoms with Crippen LogP contribution >= 0.6 is 0 Å². The van der Waals surface area contributed by atoms with Crippen molar-refractivity contribution in [2.45, 2.75) is 13.8 Å². The van der Waals surface area contributed by atoms with E-state index in [9.17, 15) is 0 Å². The SMILES string of the molecule is CCOc1ccc(N=Cc2ccc(C)o2)cc1. The molecule has 0 bridgehead atoms. The maximum absolute atomic E-state index is 5.39. The van der Waals surface area contributed by atoms with E-state index in [1.165, 1.54) is 0 Å². The summed E-state index contributed by atoms with van der Waals surface area (Å²) in [6, 6.07) is 11.5. The molecule has 0 spiro atoms. The zero-order chi connectivity index (χ0) is 12.1. The molecule has 3 nitrogen and oxygen atoms in total. The normalized spacial score (nSPS) is 10.9. The van der Waals surface area contributed by atoms with Gasteiger partial charge in [-0.2, -0.15) is 0 Å². The van der Waals surface area contributed by atoms with E-state index in [-0.39, 0.29) is 0 Å². The number of furan rings is 1. The summed E-state index contributed by atoms with van der Waals surface area (Å²) >= 11 is 0. The number of hydrogen-bond donors (Lipinski definition) is 0. The van der Waals surface area contributed by atoms with Gasteiger partial charge in [0.1, 0.15) is 17.3 Å². The summed E-state index contributed by atoms with van der Waals surface area (Å²) in [6.45, 7) is 4.55. The quantitative estimate of drug-likeness (QED) is 0.748. The molecule has 0 unspecified atom stereocenters. The minimum atomic E-state index is 0.675. The van der Waals surface area contributed by atoms with Gasteiger partial charge in [-0.15, -0.1) is 0 Å². The Hall–Kier alpha value is -2.03. The van der Waals surface area contributed by atoms with Gasteiger partial charge in [0, 0.05) is 0 Å². The van der Waals surface area contributed by atoms with Crippen LogP contribution in [-0.2, 0) is 0 Å². The second-order valence-electron chi connectivity index (χ2n) is 3.63. The molecule has 0 saturated carbocycles. The molecule has 0 amide bonds. The lowest BCUT2D eigenvalue weighted by atomic mass is 10.3. The molecule has 0 saturated heterocycles. The largest absolute Gasteiger partial charge is 0.494 e. The molecule has 0 N–H and O–H groups in total. The van der Waals surface area contributed by atoms with E-state index in [4.69, 9.17) is 9.15 Å². The molecular formula is C14H15NO2. The Balaban J connectivity index is 2.05. The summed E-state index contributed by atoms with van der Waals surface area (Å²) in [5.74, 6) is 2.51. The molecule has 2 rings (SSSR count). The standard InChI is InChI=1S/C14H15NO2/c1-3-16-13-8-5-12(6-9-13)15-10-14-7-4-11(2)17-14/h4-10H,3H2,1-2H3. The van der Waals surface area contributed by atoms with E-state index in [2.05, 4.69) is 4.99 Å². The second kappa shape index (κ2) is 5.34. The van der Waals surface area contributed by atoms with Gasteiger partial charge < -0.3 is 9.15 Å². The summed E-state index contributed by atoms with van der Waals surface area (Å²) in [7, 11) is 0. The first-order valence-corrected chi connectivity index (χ1v) is 5.61. The van der Waals surface area contributed by atoms with Gasteiger partial charge in [0.25, 0.3) is 0 Å². The van der Waals surface area contributed by atoms with Crippen molar-refractivity contribution in [1.29, 1.82) is 0 Å². The summed E-state index contributed by atoms with van der Waals surface area (Å²) in [4.78, 5) is 4.32. The molecule has 0 atom stereocenters. The molecule has 0 radical (unpaired) electrons. The summed E-state index contributed by atoms with van der Waals surface area (Å²) in [5.41, 5.74) is 0.877. The van der Waals surface area contributed by atoms with Crippen molar-refractivity contribution in [3.05, 3.63) is 47.9 Å². The molecule has 1 heterocycles. The van der Waals surface area contributed by atoms with Crippen LogP contribution in [0.25, 0.3) is 0 Å². The number of hydrogen-bond acceptors (Lipinski definition) is 3. The van der Waals surface area contributed by atoms with E-state index >= 15 is 0 Å². The van der Waals surface area contributed by atoms with E-state index < -0.39 is 0 Å². The summed E-state index contributed by atoms with van der Waals surface area (Å²) < 4.78 is 10.8. The lowest BCUT2D eigenvalue weighted by Crippen LogP contribution is -1.89. The van der Waals surface area contributed by atoms with E-state index in [0.717, 1.165) is 23.0 Å². The molecule has 1 aromatic heterocycles. The Labute approximate surface area is 101 Å². The average molecular weight is 229 g/mol. The van der Waals surface area contributed by atoms with Crippen LogP contribution in [0.2, 0.25) is 0 Å². The third kappa shape index (κ3) is 3.21. The third-order valence-corrected chi connectivity index (χ3v) is 2.25. The minimum Gasteiger partial charge on any atom is -0.494 e. The smallest absolute Gasteiger partial charge is 0.145 e. The number of ether oxygens (including phenoxy) is 1. The first-order valence-electron chi connectivity index (χ1n) is 5.61. The van der Waals surface area contributed by atoms with Gasteiger partial charge in [0.2, 0.25) is 0 Å². The van der Waals surface area contributed by atoms with E-state index in [1.807, 2.05) is 50.2 Å². The predicted molar refractivity (Wildman–Crippen MR) is 68.3 cm³/mol. The Morgan fingerprint density at radius 2 is 1.94 bits per heavy atom. The highest BCUT2D eigenvalue weighted by atomic mass is 16.5. The Bertz CT molecular complexity index is 497. The van der Waals surface area contributed by atoms with Gasteiger partial charge >= 0.3 is 0 Å². The Kier molecular flexibility index (Phi) is 3.60. The lowest BCUT2D eigenvalue weighted by Gasteiger charge is -2.01. The van der Waals surface area contributed by atoms with Gasteiger partial charge in [0.15, 0.2) is 0 Å². The predicted octanol–water partition coefficient (Wildman–Crippen LogP) is 3.74. The van der Waals surface area contributed by atoms with Crippen molar-refractivity contribution in [3.63, 3.8) is 0 Å². The monoisotopic (exact) mass is 229 g/mol. The van der Waals surface area contributed by atoms with Gasteiger partial charge in [0.05, 0.1) is 18.5 Å². The van der Waals surface area contributed by atoms with Crippen molar-refractivity contribution < 1.29 is 9.15 Å². The molecule has 0 aliphatic rings. The minimum absolute atomic E-state index is 0.675. The lowest BCUT2D eigenvalue weighted by molar-refractivity contribution is 0.340. The topological polar surface area (TPSA) is 34.7 Å². The first-order chi connectivity index (χ1) is 8.28. The molecule has 0 aliphatic heterocycles. The van der Waals surface area contributed by atoms with Crippen molar-refractivity contribution in [2.24, 2.45) is 4.99 Å². The van der Waals surface area contributed by atoms with Crippen LogP contribution < -0.4 is 4.74 Å². The number of nitrogens with zero attached hydrogens (tertiary/aromatic N) is 1. The third-order valence-electron chi connectivity index (χ3n) is 2.25.